The molecule has 1 aliphatic rings. The van der Waals surface area contributed by atoms with Gasteiger partial charge in [0.25, 0.3) is 0 Å². The molecule has 0 radical (unpaired) electrons. The molecule has 2 atom stereocenters. The van der Waals surface area contributed by atoms with Crippen molar-refractivity contribution >= 4 is 11.3 Å². The average Bonchev–Trinajstić information content (AvgIpc) is 3.09. The summed E-state index contributed by atoms with van der Waals surface area (Å²) in [6, 6.07) is 1.83. The predicted molar refractivity (Wildman–Crippen MR) is 72.0 cm³/mol. The van der Waals surface area contributed by atoms with Crippen LogP contribution < -0.4 is 0 Å². The van der Waals surface area contributed by atoms with Crippen molar-refractivity contribution in [2.24, 2.45) is 0 Å². The van der Waals surface area contributed by atoms with Gasteiger partial charge in [0.2, 0.25) is 0 Å². The highest BCUT2D eigenvalue weighted by Crippen LogP contribution is 2.30. The molecule has 102 valence electrons. The molecule has 2 aromatic heterocycles. The van der Waals surface area contributed by atoms with E-state index >= 15 is 0 Å². The summed E-state index contributed by atoms with van der Waals surface area (Å²) in [5.74, 6) is 0. The lowest BCUT2D eigenvalue weighted by Gasteiger charge is -2.03. The average molecular weight is 279 g/mol. The van der Waals surface area contributed by atoms with Crippen LogP contribution in [0.2, 0.25) is 0 Å². The van der Waals surface area contributed by atoms with E-state index in [2.05, 4.69) is 15.5 Å². The van der Waals surface area contributed by atoms with Crippen LogP contribution in [0.3, 0.4) is 0 Å². The number of aliphatic hydroxyl groups is 1. The first-order chi connectivity index (χ1) is 9.22. The Hall–Kier alpha value is -1.24. The molecule has 1 N–H and O–H groups in total. The van der Waals surface area contributed by atoms with E-state index < -0.39 is 6.10 Å². The molecule has 0 unspecified atom stereocenters. The fourth-order valence-corrected chi connectivity index (χ4v) is 3.06. The number of hydrogen-bond donors (Lipinski definition) is 1. The monoisotopic (exact) mass is 279 g/mol. The third kappa shape index (κ3) is 2.86. The molecule has 3 heterocycles. The molecule has 0 spiro atoms. The van der Waals surface area contributed by atoms with Gasteiger partial charge in [0.05, 0.1) is 24.0 Å². The highest BCUT2D eigenvalue weighted by Gasteiger charge is 2.20. The summed E-state index contributed by atoms with van der Waals surface area (Å²) in [7, 11) is 0. The second-order valence-corrected chi connectivity index (χ2v) is 5.68. The second kappa shape index (κ2) is 5.40. The normalized spacial score (nSPS) is 20.8. The van der Waals surface area contributed by atoms with Crippen LogP contribution in [0.5, 0.6) is 0 Å². The Labute approximate surface area is 115 Å². The van der Waals surface area contributed by atoms with Crippen LogP contribution in [0.1, 0.15) is 48.4 Å². The van der Waals surface area contributed by atoms with Crippen LogP contribution in [-0.2, 0) is 11.3 Å². The zero-order valence-electron chi connectivity index (χ0n) is 10.8. The van der Waals surface area contributed by atoms with Crippen LogP contribution in [-0.4, -0.2) is 26.5 Å². The van der Waals surface area contributed by atoms with Gasteiger partial charge in [-0.3, -0.25) is 4.68 Å². The van der Waals surface area contributed by atoms with E-state index in [1.807, 2.05) is 12.3 Å². The Bertz CT molecular complexity index is 544. The smallest absolute Gasteiger partial charge is 0.122 e. The maximum atomic E-state index is 9.44. The van der Waals surface area contributed by atoms with E-state index in [0.717, 1.165) is 30.2 Å². The molecule has 0 aromatic carbocycles. The summed E-state index contributed by atoms with van der Waals surface area (Å²) in [6.07, 6.45) is 3.72. The van der Waals surface area contributed by atoms with Crippen LogP contribution in [0.15, 0.2) is 17.6 Å². The Morgan fingerprint density at radius 3 is 3.21 bits per heavy atom. The van der Waals surface area contributed by atoms with Crippen LogP contribution in [0, 0.1) is 0 Å². The minimum absolute atomic E-state index is 0.185. The number of aliphatic hydroxyl groups excluding tert-OH is 1. The van der Waals surface area contributed by atoms with Gasteiger partial charge in [0.1, 0.15) is 11.1 Å². The topological polar surface area (TPSA) is 60.2 Å². The molecule has 1 fully saturated rings. The van der Waals surface area contributed by atoms with Gasteiger partial charge >= 0.3 is 0 Å². The van der Waals surface area contributed by atoms with Gasteiger partial charge in [-0.1, -0.05) is 0 Å². The van der Waals surface area contributed by atoms with Crippen molar-refractivity contribution < 1.29 is 9.84 Å². The lowest BCUT2D eigenvalue weighted by atomic mass is 10.2. The van der Waals surface area contributed by atoms with Crippen LogP contribution >= 0.6 is 11.3 Å². The second-order valence-electron chi connectivity index (χ2n) is 4.79. The van der Waals surface area contributed by atoms with Crippen LogP contribution in [0.4, 0.5) is 0 Å². The highest BCUT2D eigenvalue weighted by molar-refractivity contribution is 7.09. The first kappa shape index (κ1) is 12.8. The Morgan fingerprint density at radius 2 is 2.53 bits per heavy atom. The Morgan fingerprint density at radius 1 is 1.63 bits per heavy atom. The minimum atomic E-state index is -0.529. The van der Waals surface area contributed by atoms with Crippen molar-refractivity contribution in [3.8, 4) is 0 Å². The fourth-order valence-electron chi connectivity index (χ4n) is 2.17. The molecule has 2 aromatic rings. The summed E-state index contributed by atoms with van der Waals surface area (Å²) in [5.41, 5.74) is 1.69. The first-order valence-corrected chi connectivity index (χ1v) is 7.37. The number of ether oxygens (including phenoxy) is 1. The summed E-state index contributed by atoms with van der Waals surface area (Å²) in [6.45, 7) is 3.19. The van der Waals surface area contributed by atoms with E-state index in [1.54, 1.807) is 22.9 Å². The van der Waals surface area contributed by atoms with Gasteiger partial charge in [0, 0.05) is 18.2 Å². The van der Waals surface area contributed by atoms with Crippen molar-refractivity contribution in [1.29, 1.82) is 0 Å². The third-order valence-electron chi connectivity index (χ3n) is 3.19. The molecular weight excluding hydrogens is 262 g/mol. The van der Waals surface area contributed by atoms with Crippen molar-refractivity contribution in [3.05, 3.63) is 34.0 Å². The number of thiazole rings is 1. The van der Waals surface area contributed by atoms with Gasteiger partial charge < -0.3 is 9.84 Å². The minimum Gasteiger partial charge on any atom is -0.387 e. The summed E-state index contributed by atoms with van der Waals surface area (Å²) in [4.78, 5) is 4.61. The molecular formula is C13H17N3O2S. The summed E-state index contributed by atoms with van der Waals surface area (Å²) in [5, 5.41) is 16.9. The molecule has 0 bridgehead atoms. The quantitative estimate of drug-likeness (QED) is 0.933. The highest BCUT2D eigenvalue weighted by atomic mass is 32.1. The Balaban J connectivity index is 1.68. The standard InChI is InChI=1S/C13H17N3O2S/c1-9(17)11-4-5-16(15-11)7-10-8-19-13(14-10)12-3-2-6-18-12/h4-5,8-9,12,17H,2-3,6-7H2,1H3/t9-,12+/m0/s1. The molecule has 19 heavy (non-hydrogen) atoms. The summed E-state index contributed by atoms with van der Waals surface area (Å²) >= 11 is 1.65. The SMILES string of the molecule is C[C@H](O)c1ccn(Cc2csc([C@H]3CCCO3)n2)n1. The first-order valence-electron chi connectivity index (χ1n) is 6.49. The van der Waals surface area contributed by atoms with Gasteiger partial charge in [-0.25, -0.2) is 4.98 Å². The number of hydrogen-bond acceptors (Lipinski definition) is 5. The largest absolute Gasteiger partial charge is 0.387 e. The number of nitrogens with zero attached hydrogens (tertiary/aromatic N) is 3. The van der Waals surface area contributed by atoms with Gasteiger partial charge in [-0.05, 0) is 25.8 Å². The molecule has 0 amide bonds. The fraction of sp³-hybridized carbons (Fsp3) is 0.538. The van der Waals surface area contributed by atoms with E-state index in [1.165, 1.54) is 0 Å². The van der Waals surface area contributed by atoms with Gasteiger partial charge in [0.15, 0.2) is 0 Å². The molecule has 1 saturated heterocycles. The zero-order valence-corrected chi connectivity index (χ0v) is 11.6. The molecule has 0 aliphatic carbocycles. The van der Waals surface area contributed by atoms with E-state index in [-0.39, 0.29) is 6.10 Å². The van der Waals surface area contributed by atoms with Crippen molar-refractivity contribution in [3.63, 3.8) is 0 Å². The number of aromatic nitrogens is 3. The zero-order chi connectivity index (χ0) is 13.2. The molecule has 5 nitrogen and oxygen atoms in total. The molecule has 1 aliphatic heterocycles. The maximum Gasteiger partial charge on any atom is 0.122 e. The molecule has 6 heteroatoms. The lowest BCUT2D eigenvalue weighted by Crippen LogP contribution is -2.03. The molecule has 3 rings (SSSR count). The van der Waals surface area contributed by atoms with Crippen molar-refractivity contribution in [1.82, 2.24) is 14.8 Å². The lowest BCUT2D eigenvalue weighted by molar-refractivity contribution is 0.111. The van der Waals surface area contributed by atoms with Gasteiger partial charge in [-0.15, -0.1) is 11.3 Å². The predicted octanol–water partition coefficient (Wildman–Crippen LogP) is 2.29. The van der Waals surface area contributed by atoms with E-state index in [0.29, 0.717) is 12.2 Å². The van der Waals surface area contributed by atoms with Crippen molar-refractivity contribution in [2.75, 3.05) is 6.61 Å². The van der Waals surface area contributed by atoms with E-state index in [4.69, 9.17) is 4.74 Å². The molecule has 0 saturated carbocycles. The third-order valence-corrected chi connectivity index (χ3v) is 4.17. The van der Waals surface area contributed by atoms with Crippen molar-refractivity contribution in [2.45, 2.75) is 38.5 Å². The number of rotatable bonds is 4. The Kier molecular flexibility index (Phi) is 3.63. The summed E-state index contributed by atoms with van der Waals surface area (Å²) < 4.78 is 7.43. The van der Waals surface area contributed by atoms with Crippen LogP contribution in [0.25, 0.3) is 0 Å². The maximum absolute atomic E-state index is 9.44. The van der Waals surface area contributed by atoms with E-state index in [9.17, 15) is 5.11 Å². The van der Waals surface area contributed by atoms with Gasteiger partial charge in [-0.2, -0.15) is 5.10 Å².